The maximum atomic E-state index is 12.8. The number of para-hydroxylation sites is 2. The molecule has 0 bridgehead atoms. The number of ether oxygens (including phenoxy) is 1. The third kappa shape index (κ3) is 5.28. The number of Topliss-reactive ketones (excluding diaryl/α,β-unsaturated/α-hetero) is 1. The highest BCUT2D eigenvalue weighted by Gasteiger charge is 2.16. The third-order valence-corrected chi connectivity index (χ3v) is 5.33. The van der Waals surface area contributed by atoms with Crippen molar-refractivity contribution >= 4 is 45.9 Å². The molecule has 0 aliphatic rings. The monoisotopic (exact) mass is 467 g/mol. The Hall–Kier alpha value is -3.35. The molecule has 1 N–H and O–H groups in total. The molecular formula is C24H19Cl2N3O3. The van der Waals surface area contributed by atoms with Gasteiger partial charge in [-0.1, -0.05) is 35.3 Å². The zero-order valence-electron chi connectivity index (χ0n) is 16.9. The van der Waals surface area contributed by atoms with Crippen molar-refractivity contribution in [2.45, 2.75) is 13.1 Å². The van der Waals surface area contributed by atoms with Crippen molar-refractivity contribution in [2.75, 3.05) is 6.61 Å². The van der Waals surface area contributed by atoms with E-state index >= 15 is 0 Å². The summed E-state index contributed by atoms with van der Waals surface area (Å²) < 4.78 is 7.28. The second-order valence-electron chi connectivity index (χ2n) is 7.05. The number of benzene rings is 3. The predicted octanol–water partition coefficient (Wildman–Crippen LogP) is 4.92. The number of halogens is 2. The van der Waals surface area contributed by atoms with E-state index in [1.807, 2.05) is 28.8 Å². The number of nitrogens with zero attached hydrogens (tertiary/aromatic N) is 2. The summed E-state index contributed by atoms with van der Waals surface area (Å²) in [4.78, 5) is 29.7. The first kappa shape index (κ1) is 21.9. The van der Waals surface area contributed by atoms with Crippen molar-refractivity contribution in [3.05, 3.63) is 94.2 Å². The van der Waals surface area contributed by atoms with Crippen LogP contribution in [0.15, 0.2) is 72.8 Å². The van der Waals surface area contributed by atoms with E-state index in [-0.39, 0.29) is 31.4 Å². The number of hydrogen-bond donors (Lipinski definition) is 1. The van der Waals surface area contributed by atoms with Crippen LogP contribution in [0.1, 0.15) is 16.2 Å². The fraction of sp³-hybridized carbons (Fsp3) is 0.125. The Balaban J connectivity index is 1.46. The van der Waals surface area contributed by atoms with Crippen molar-refractivity contribution < 1.29 is 14.3 Å². The van der Waals surface area contributed by atoms with Crippen LogP contribution in [0.4, 0.5) is 0 Å². The fourth-order valence-corrected chi connectivity index (χ4v) is 3.47. The number of nitrogens with one attached hydrogen (secondary N) is 1. The second kappa shape index (κ2) is 9.85. The van der Waals surface area contributed by atoms with E-state index in [9.17, 15) is 9.59 Å². The number of carbonyl (C=O) groups excluding carboxylic acids is 2. The lowest BCUT2D eigenvalue weighted by Gasteiger charge is -2.11. The van der Waals surface area contributed by atoms with Crippen LogP contribution in [-0.2, 0) is 17.9 Å². The van der Waals surface area contributed by atoms with Crippen LogP contribution in [0.3, 0.4) is 0 Å². The molecule has 0 fully saturated rings. The minimum atomic E-state index is -0.303. The van der Waals surface area contributed by atoms with Crippen LogP contribution in [0.25, 0.3) is 11.0 Å². The highest BCUT2D eigenvalue weighted by molar-refractivity contribution is 6.30. The lowest BCUT2D eigenvalue weighted by molar-refractivity contribution is -0.123. The summed E-state index contributed by atoms with van der Waals surface area (Å²) in [6, 6.07) is 21.0. The van der Waals surface area contributed by atoms with Crippen molar-refractivity contribution in [1.29, 1.82) is 0 Å². The molecule has 0 saturated carbocycles. The molecule has 0 aliphatic carbocycles. The van der Waals surface area contributed by atoms with E-state index in [2.05, 4.69) is 10.3 Å². The van der Waals surface area contributed by atoms with Gasteiger partial charge in [0.05, 0.1) is 24.1 Å². The van der Waals surface area contributed by atoms with E-state index < -0.39 is 0 Å². The summed E-state index contributed by atoms with van der Waals surface area (Å²) >= 11 is 11.8. The Morgan fingerprint density at radius 3 is 2.28 bits per heavy atom. The number of hydrogen-bond acceptors (Lipinski definition) is 4. The van der Waals surface area contributed by atoms with Gasteiger partial charge in [-0.25, -0.2) is 4.98 Å². The highest BCUT2D eigenvalue weighted by atomic mass is 35.5. The normalized spacial score (nSPS) is 10.8. The maximum Gasteiger partial charge on any atom is 0.258 e. The Kier molecular flexibility index (Phi) is 6.73. The molecule has 3 aromatic carbocycles. The molecule has 0 spiro atoms. The van der Waals surface area contributed by atoms with Crippen molar-refractivity contribution in [2.24, 2.45) is 0 Å². The van der Waals surface area contributed by atoms with Crippen molar-refractivity contribution in [3.63, 3.8) is 0 Å². The average Bonchev–Trinajstić information content (AvgIpc) is 3.15. The van der Waals surface area contributed by atoms with Gasteiger partial charge in [-0.2, -0.15) is 0 Å². The van der Waals surface area contributed by atoms with E-state index in [0.29, 0.717) is 27.2 Å². The van der Waals surface area contributed by atoms with E-state index in [1.165, 1.54) is 0 Å². The largest absolute Gasteiger partial charge is 0.484 e. The number of rotatable bonds is 8. The van der Waals surface area contributed by atoms with E-state index in [1.54, 1.807) is 48.5 Å². The molecule has 0 atom stereocenters. The Bertz CT molecular complexity index is 1250. The standard InChI is InChI=1S/C24H19Cl2N3O3/c25-17-7-5-16(6-8-17)22(30)14-29-21-4-2-1-3-20(21)28-23(29)13-27-24(31)15-32-19-11-9-18(26)10-12-19/h1-12H,13-15H2,(H,27,31). The lowest BCUT2D eigenvalue weighted by atomic mass is 10.1. The number of imidazole rings is 1. The van der Waals surface area contributed by atoms with E-state index in [4.69, 9.17) is 27.9 Å². The van der Waals surface area contributed by atoms with E-state index in [0.717, 1.165) is 11.0 Å². The van der Waals surface area contributed by atoms with Crippen LogP contribution in [0, 0.1) is 0 Å². The Morgan fingerprint density at radius 2 is 1.56 bits per heavy atom. The van der Waals surface area contributed by atoms with Crippen LogP contribution in [0.2, 0.25) is 10.0 Å². The Labute approximate surface area is 194 Å². The summed E-state index contributed by atoms with van der Waals surface area (Å²) in [5, 5.41) is 3.96. The zero-order valence-corrected chi connectivity index (χ0v) is 18.4. The van der Waals surface area contributed by atoms with Crippen LogP contribution >= 0.6 is 23.2 Å². The topological polar surface area (TPSA) is 73.2 Å². The average molecular weight is 468 g/mol. The van der Waals surface area contributed by atoms with Gasteiger partial charge in [-0.05, 0) is 60.7 Å². The summed E-state index contributed by atoms with van der Waals surface area (Å²) in [6.07, 6.45) is 0. The van der Waals surface area contributed by atoms with Gasteiger partial charge in [0.1, 0.15) is 11.6 Å². The molecule has 162 valence electrons. The number of aromatic nitrogens is 2. The molecule has 1 amide bonds. The summed E-state index contributed by atoms with van der Waals surface area (Å²) in [5.74, 6) is 0.741. The minimum Gasteiger partial charge on any atom is -0.484 e. The molecule has 1 heterocycles. The molecule has 32 heavy (non-hydrogen) atoms. The molecule has 1 aromatic heterocycles. The summed E-state index contributed by atoms with van der Waals surface area (Å²) in [6.45, 7) is 0.103. The number of amides is 1. The molecule has 0 aliphatic heterocycles. The van der Waals surface area contributed by atoms with Gasteiger partial charge in [0.2, 0.25) is 0 Å². The smallest absolute Gasteiger partial charge is 0.258 e. The van der Waals surface area contributed by atoms with Gasteiger partial charge < -0.3 is 14.6 Å². The van der Waals surface area contributed by atoms with Gasteiger partial charge in [0.15, 0.2) is 12.4 Å². The summed E-state index contributed by atoms with van der Waals surface area (Å²) in [5.41, 5.74) is 2.12. The first-order valence-electron chi connectivity index (χ1n) is 9.87. The SMILES string of the molecule is O=C(COc1ccc(Cl)cc1)NCc1nc2ccccc2n1CC(=O)c1ccc(Cl)cc1. The molecule has 6 nitrogen and oxygen atoms in total. The van der Waals surface area contributed by atoms with Crippen LogP contribution in [0.5, 0.6) is 5.75 Å². The molecule has 0 radical (unpaired) electrons. The molecule has 8 heteroatoms. The van der Waals surface area contributed by atoms with Gasteiger partial charge in [-0.3, -0.25) is 9.59 Å². The number of ketones is 1. The maximum absolute atomic E-state index is 12.8. The zero-order chi connectivity index (χ0) is 22.5. The highest BCUT2D eigenvalue weighted by Crippen LogP contribution is 2.18. The van der Waals surface area contributed by atoms with Gasteiger partial charge in [0, 0.05) is 15.6 Å². The van der Waals surface area contributed by atoms with Crippen molar-refractivity contribution in [1.82, 2.24) is 14.9 Å². The Morgan fingerprint density at radius 1 is 0.906 bits per heavy atom. The quantitative estimate of drug-likeness (QED) is 0.373. The summed E-state index contributed by atoms with van der Waals surface area (Å²) in [7, 11) is 0. The van der Waals surface area contributed by atoms with Gasteiger partial charge >= 0.3 is 0 Å². The molecule has 4 rings (SSSR count). The van der Waals surface area contributed by atoms with Gasteiger partial charge in [-0.15, -0.1) is 0 Å². The molecular weight excluding hydrogens is 449 g/mol. The minimum absolute atomic E-state index is 0.0801. The van der Waals surface area contributed by atoms with Gasteiger partial charge in [0.25, 0.3) is 5.91 Å². The van der Waals surface area contributed by atoms with Crippen LogP contribution < -0.4 is 10.1 Å². The van der Waals surface area contributed by atoms with Crippen LogP contribution in [-0.4, -0.2) is 27.8 Å². The predicted molar refractivity (Wildman–Crippen MR) is 124 cm³/mol. The first-order chi connectivity index (χ1) is 15.5. The second-order valence-corrected chi connectivity index (χ2v) is 7.93. The lowest BCUT2D eigenvalue weighted by Crippen LogP contribution is -2.30. The number of carbonyl (C=O) groups is 2. The first-order valence-corrected chi connectivity index (χ1v) is 10.6. The molecule has 0 saturated heterocycles. The van der Waals surface area contributed by atoms with Crippen molar-refractivity contribution in [3.8, 4) is 5.75 Å². The third-order valence-electron chi connectivity index (χ3n) is 4.83. The molecule has 4 aromatic rings. The fourth-order valence-electron chi connectivity index (χ4n) is 3.22. The number of fused-ring (bicyclic) bond motifs is 1. The molecule has 0 unspecified atom stereocenters.